The number of nitrogens with one attached hydrogen (secondary N) is 8. The molecule has 658 valence electrons. The Morgan fingerprint density at radius 2 is 0.917 bits per heavy atom. The predicted octanol–water partition coefficient (Wildman–Crippen LogP) is 8.45. The molecule has 39 nitrogen and oxygen atoms in total. The van der Waals surface area contributed by atoms with Crippen molar-refractivity contribution in [3.63, 3.8) is 0 Å². The lowest BCUT2D eigenvalue weighted by molar-refractivity contribution is -0.231. The van der Waals surface area contributed by atoms with Crippen LogP contribution in [0.1, 0.15) is 94.8 Å². The van der Waals surface area contributed by atoms with E-state index in [1.807, 2.05) is 0 Å². The van der Waals surface area contributed by atoms with Crippen molar-refractivity contribution in [2.75, 3.05) is 36.4 Å². The number of aliphatic hydroxyl groups is 3. The van der Waals surface area contributed by atoms with E-state index in [1.165, 1.54) is 107 Å². The summed E-state index contributed by atoms with van der Waals surface area (Å²) in [6.07, 6.45) is -22.6. The second kappa shape index (κ2) is 37.3. The van der Waals surface area contributed by atoms with Gasteiger partial charge in [0.1, 0.15) is 85.9 Å². The molecule has 2 saturated heterocycles. The van der Waals surface area contributed by atoms with Crippen LogP contribution in [0.4, 0.5) is 44.2 Å². The summed E-state index contributed by atoms with van der Waals surface area (Å²) < 4.78 is 211. The maximum atomic E-state index is 17.1. The van der Waals surface area contributed by atoms with Gasteiger partial charge in [-0.05, 0) is 131 Å². The number of nitrogen functional groups attached to an aromatic ring is 1. The molecule has 22 atom stereocenters. The molecular weight excluding hydrogens is 1680 g/mol. The van der Waals surface area contributed by atoms with Crippen LogP contribution in [0.2, 0.25) is 0 Å². The van der Waals surface area contributed by atoms with E-state index in [0.717, 1.165) is 66.1 Å². The molecule has 2 aliphatic heterocycles. The average Bonchev–Trinajstić information content (AvgIpc) is 1.59. The highest BCUT2D eigenvalue weighted by atomic mass is 31.2. The number of benzene rings is 3. The molecular formula is C73H90F6N15O24P3. The molecule has 2 aliphatic rings. The molecule has 0 aliphatic carbocycles. The number of alkyl halides is 6. The molecule has 0 spiro atoms. The van der Waals surface area contributed by atoms with Crippen LogP contribution in [0.3, 0.4) is 0 Å². The van der Waals surface area contributed by atoms with Gasteiger partial charge < -0.3 is 87.4 Å². The van der Waals surface area contributed by atoms with Crippen LogP contribution in [-0.2, 0) is 70.1 Å². The molecule has 121 heavy (non-hydrogen) atoms. The van der Waals surface area contributed by atoms with Gasteiger partial charge in [0.25, 0.3) is 16.7 Å². The van der Waals surface area contributed by atoms with Crippen LogP contribution < -0.4 is 61.9 Å². The number of anilines is 3. The smallest absolute Gasteiger partial charge is 0.459 e. The minimum atomic E-state index is -5.04. The number of aromatic amines is 3. The van der Waals surface area contributed by atoms with Crippen LogP contribution in [-0.4, -0.2) is 200 Å². The highest BCUT2D eigenvalue weighted by Gasteiger charge is 2.63. The molecule has 13 N–H and O–H groups in total. The number of nitrogens with zero attached hydrogens (tertiary/aromatic N) is 6. The molecule has 48 heteroatoms. The van der Waals surface area contributed by atoms with Crippen molar-refractivity contribution in [3.8, 4) is 17.2 Å². The number of fused-ring (bicyclic) bond motifs is 3. The van der Waals surface area contributed by atoms with Crippen molar-refractivity contribution >= 4 is 92.1 Å². The molecule has 3 aromatic carbocycles. The first-order chi connectivity index (χ1) is 57.0. The van der Waals surface area contributed by atoms with Crippen molar-refractivity contribution in [2.24, 2.45) is 0 Å². The zero-order valence-electron chi connectivity index (χ0n) is 66.3. The quantitative estimate of drug-likeness (QED) is 0.00563. The molecule has 0 bridgehead atoms. The fourth-order valence-corrected chi connectivity index (χ4v) is 18.0. The lowest BCUT2D eigenvalue weighted by Crippen LogP contribution is -2.47. The number of H-pyrrole nitrogens is 3. The SMILES string of the molecule is CC(C)OC(=O)[C@H](C)NP(=O)(Oc1ccccc1)O[C@@H](C)[C@H]1O[C@@H](n2ccc3c(=O)[nH]c(NC(C)OC(=O)[C@H](C)N[P@@](=O)(Oc4ccccc4)O[C@@H](C)[C@H](O)O[C@@H](n4ccc5c(=O)[nH]c(NC(C)OC(=O)[C@H](C)N[P@](=O)(Oc6ccccc6)O[C@@H](C)[C@H]6O[C@@H](n7ccc8c(=O)[nH]c(N)nc87)[C@@](F)(CF)C6O)nc54)[C@@](C)(F)CF)nc32)[C@@](F)(CF)C1O. The van der Waals surface area contributed by atoms with Gasteiger partial charge in [0.2, 0.25) is 29.2 Å². The van der Waals surface area contributed by atoms with E-state index >= 15 is 17.6 Å². The van der Waals surface area contributed by atoms with Gasteiger partial charge in [-0.3, -0.25) is 57.3 Å². The van der Waals surface area contributed by atoms with Crippen molar-refractivity contribution in [2.45, 2.75) is 198 Å². The summed E-state index contributed by atoms with van der Waals surface area (Å²) >= 11 is 0. The van der Waals surface area contributed by atoms with E-state index in [4.69, 9.17) is 61.3 Å². The van der Waals surface area contributed by atoms with Gasteiger partial charge in [-0.1, -0.05) is 54.6 Å². The Bertz CT molecular complexity index is 5500. The topological polar surface area (TPSA) is 512 Å². The van der Waals surface area contributed by atoms with Gasteiger partial charge in [-0.2, -0.15) is 30.2 Å². The second-order valence-corrected chi connectivity index (χ2v) is 33.9. The van der Waals surface area contributed by atoms with Crippen molar-refractivity contribution in [1.82, 2.24) is 58.9 Å². The largest absolute Gasteiger partial charge is 0.462 e. The lowest BCUT2D eigenvalue weighted by Gasteiger charge is -2.34. The van der Waals surface area contributed by atoms with Crippen LogP contribution >= 0.6 is 23.2 Å². The summed E-state index contributed by atoms with van der Waals surface area (Å²) in [5.41, 5.74) is -7.51. The molecule has 0 saturated carbocycles. The Kier molecular flexibility index (Phi) is 28.3. The summed E-state index contributed by atoms with van der Waals surface area (Å²) in [6, 6.07) is 20.9. The zero-order valence-corrected chi connectivity index (χ0v) is 69.0. The van der Waals surface area contributed by atoms with E-state index in [1.54, 1.807) is 44.2 Å². The normalized spacial score (nSPS) is 23.9. The summed E-state index contributed by atoms with van der Waals surface area (Å²) in [7, 11) is -14.7. The van der Waals surface area contributed by atoms with E-state index < -0.39 is 217 Å². The number of nitrogens with two attached hydrogens (primary N) is 1. The van der Waals surface area contributed by atoms with Gasteiger partial charge >= 0.3 is 41.1 Å². The summed E-state index contributed by atoms with van der Waals surface area (Å²) in [6.45, 7) is 7.90. The zero-order chi connectivity index (χ0) is 88.2. The molecule has 5 unspecified atom stereocenters. The number of rotatable bonds is 40. The summed E-state index contributed by atoms with van der Waals surface area (Å²) in [4.78, 5) is 100. The third-order valence-corrected chi connectivity index (χ3v) is 24.2. The highest BCUT2D eigenvalue weighted by molar-refractivity contribution is 7.52. The van der Waals surface area contributed by atoms with Crippen LogP contribution in [0.25, 0.3) is 33.1 Å². The number of hydrogen-bond donors (Lipinski definition) is 12. The Morgan fingerprint density at radius 1 is 0.554 bits per heavy atom. The number of carbonyl (C=O) groups excluding carboxylic acids is 3. The first kappa shape index (κ1) is 91.7. The maximum absolute atomic E-state index is 17.1. The number of aliphatic hydroxyl groups excluding tert-OH is 3. The summed E-state index contributed by atoms with van der Waals surface area (Å²) in [5, 5.41) is 46.5. The molecule has 0 amide bonds. The van der Waals surface area contributed by atoms with Crippen LogP contribution in [0.15, 0.2) is 142 Å². The molecule has 8 heterocycles. The van der Waals surface area contributed by atoms with Gasteiger partial charge in [0.05, 0.1) is 34.5 Å². The van der Waals surface area contributed by atoms with Crippen molar-refractivity contribution in [3.05, 3.63) is 159 Å². The third-order valence-electron chi connectivity index (χ3n) is 18.9. The second-order valence-electron chi connectivity index (χ2n) is 29.0. The minimum Gasteiger partial charge on any atom is -0.462 e. The Hall–Kier alpha value is -10.1. The van der Waals surface area contributed by atoms with Gasteiger partial charge in [-0.25, -0.2) is 40.0 Å². The first-order valence-electron chi connectivity index (χ1n) is 37.4. The predicted molar refractivity (Wildman–Crippen MR) is 420 cm³/mol. The van der Waals surface area contributed by atoms with E-state index in [0.29, 0.717) is 0 Å². The Labute approximate surface area is 683 Å². The minimum absolute atomic E-state index is 0.000463. The third kappa shape index (κ3) is 20.7. The van der Waals surface area contributed by atoms with Crippen molar-refractivity contribution < 1.29 is 125 Å². The van der Waals surface area contributed by atoms with Gasteiger partial charge in [0.15, 0.2) is 60.0 Å². The fourth-order valence-electron chi connectivity index (χ4n) is 12.9. The monoisotopic (exact) mass is 1770 g/mol. The number of hydrogen-bond acceptors (Lipinski definition) is 30. The van der Waals surface area contributed by atoms with E-state index in [-0.39, 0.29) is 50.6 Å². The molecule has 9 aromatic rings. The average molecular weight is 1770 g/mol. The Morgan fingerprint density at radius 3 is 1.31 bits per heavy atom. The van der Waals surface area contributed by atoms with E-state index in [9.17, 15) is 66.6 Å². The Balaban J connectivity index is 0.742. The highest BCUT2D eigenvalue weighted by Crippen LogP contribution is 2.54. The molecule has 11 rings (SSSR count). The van der Waals surface area contributed by atoms with Gasteiger partial charge in [0, 0.05) is 18.6 Å². The number of carbonyl (C=O) groups is 3. The van der Waals surface area contributed by atoms with Gasteiger partial charge in [-0.15, -0.1) is 0 Å². The number of halogens is 6. The molecule has 2 fully saturated rings. The molecule has 6 aromatic heterocycles. The maximum Gasteiger partial charge on any atom is 0.459 e. The van der Waals surface area contributed by atoms with E-state index in [2.05, 4.69) is 55.8 Å². The number of aromatic nitrogens is 9. The number of para-hydroxylation sites is 3. The fraction of sp³-hybridized carbons (Fsp3) is 0.466. The molecule has 0 radical (unpaired) electrons. The number of esters is 3. The number of ether oxygens (including phenoxy) is 6. The summed E-state index contributed by atoms with van der Waals surface area (Å²) in [5.74, 6) is -4.80. The van der Waals surface area contributed by atoms with Crippen LogP contribution in [0.5, 0.6) is 17.2 Å². The standard InChI is InChI=1S/C73H90F6N15O24P3/c1-36(2)107-61(100)37(3)89-119(104,116-45-21-15-12-16-22-45)113-41(7)52-54(96)73(79,35-76)67(111-52)94-32-29-50-57(94)85-70(88-60(50)99)82-44(10)109-63(102)39(5)91-121(106,118-47-25-19-14-20-26-47)115-42(8)64(103)112-65(71(11,77)33-74)92-30-27-49-56(92)84-69(87-59(49)98)81-43(9)108-62(101)38(4)90-120(105,117-46-23-17-13-18-24-46)114-40(6)51-53(95)72(78,34-75)66(110-51)93-31-28-48-55(93)83-68(80)86-58(48)97/h12-32,36-44,51-54,64-67,95-96,103H,33-35H2,1-11H3,(H,89,104)(H,90,105)(H,91,106)(H3,80,83,86,97)(H2,81,84,87,98)(H2,82,85,88,99)/t37-,38-,39-,40-,41-,42-,43?,44?,51+,52+,53?,54?,64+,65+,66+,67+,71-,72+,73+,119?,120+,121-/m0/s1. The van der Waals surface area contributed by atoms with Crippen molar-refractivity contribution in [1.29, 1.82) is 0 Å². The van der Waals surface area contributed by atoms with Crippen LogP contribution in [0, 0.1) is 0 Å². The first-order valence-corrected chi connectivity index (χ1v) is 42.1. The lowest BCUT2D eigenvalue weighted by atomic mass is 9.95.